The molecule has 0 spiro atoms. The Morgan fingerprint density at radius 3 is 2.57 bits per heavy atom. The third kappa shape index (κ3) is 2.86. The smallest absolute Gasteiger partial charge is 0.0471 e. The van der Waals surface area contributed by atoms with Crippen molar-refractivity contribution in [2.45, 2.75) is 20.3 Å². The first kappa shape index (κ1) is 11.3. The van der Waals surface area contributed by atoms with Crippen LogP contribution < -0.4 is 0 Å². The van der Waals surface area contributed by atoms with Gasteiger partial charge >= 0.3 is 0 Å². The molecule has 76 valence electrons. The molecule has 1 aromatic carbocycles. The van der Waals surface area contributed by atoms with E-state index in [0.717, 1.165) is 10.6 Å². The molecule has 0 radical (unpaired) electrons. The van der Waals surface area contributed by atoms with Crippen LogP contribution in [0.15, 0.2) is 29.8 Å². The molecule has 2 heteroatoms. The minimum Gasteiger partial charge on any atom is -0.396 e. The Bertz CT molecular complexity index is 338. The van der Waals surface area contributed by atoms with Gasteiger partial charge in [0.1, 0.15) is 0 Å². The van der Waals surface area contributed by atoms with Gasteiger partial charge in [0.2, 0.25) is 0 Å². The zero-order valence-corrected chi connectivity index (χ0v) is 9.30. The number of hydrogen-bond acceptors (Lipinski definition) is 1. The van der Waals surface area contributed by atoms with E-state index in [1.165, 1.54) is 11.1 Å². The molecule has 0 aromatic heterocycles. The number of benzene rings is 1. The van der Waals surface area contributed by atoms with E-state index in [1.54, 1.807) is 0 Å². The fourth-order valence-electron chi connectivity index (χ4n) is 1.47. The first-order valence-electron chi connectivity index (χ1n) is 4.68. The molecule has 0 unspecified atom stereocenters. The average molecular weight is 211 g/mol. The monoisotopic (exact) mass is 210 g/mol. The second-order valence-corrected chi connectivity index (χ2v) is 3.90. The summed E-state index contributed by atoms with van der Waals surface area (Å²) in [6.07, 6.45) is 0.683. The lowest BCUT2D eigenvalue weighted by Crippen LogP contribution is -1.91. The third-order valence-corrected chi connectivity index (χ3v) is 2.37. The van der Waals surface area contributed by atoms with Crippen molar-refractivity contribution in [2.24, 2.45) is 0 Å². The van der Waals surface area contributed by atoms with Crippen molar-refractivity contribution in [3.05, 3.63) is 40.4 Å². The van der Waals surface area contributed by atoms with Crippen LogP contribution in [0.4, 0.5) is 0 Å². The molecule has 1 rings (SSSR count). The maximum absolute atomic E-state index is 8.95. The fraction of sp³-hybridized carbons (Fsp3) is 0.333. The summed E-state index contributed by atoms with van der Waals surface area (Å²) in [5, 5.41) is 9.68. The summed E-state index contributed by atoms with van der Waals surface area (Å²) in [7, 11) is 0. The average Bonchev–Trinajstić information content (AvgIpc) is 2.13. The lowest BCUT2D eigenvalue weighted by Gasteiger charge is -2.09. The van der Waals surface area contributed by atoms with Crippen molar-refractivity contribution in [1.82, 2.24) is 0 Å². The summed E-state index contributed by atoms with van der Waals surface area (Å²) in [6.45, 7) is 4.27. The molecular formula is C12H15ClO. The number of aliphatic hydroxyl groups excluding tert-OH is 1. The summed E-state index contributed by atoms with van der Waals surface area (Å²) in [5.41, 5.74) is 3.50. The van der Waals surface area contributed by atoms with Gasteiger partial charge < -0.3 is 5.11 Å². The van der Waals surface area contributed by atoms with Gasteiger partial charge in [0.25, 0.3) is 0 Å². The van der Waals surface area contributed by atoms with Gasteiger partial charge in [-0.15, -0.1) is 0 Å². The van der Waals surface area contributed by atoms with E-state index in [0.29, 0.717) is 6.42 Å². The molecule has 0 bridgehead atoms. The summed E-state index contributed by atoms with van der Waals surface area (Å²) in [5.74, 6) is 0. The Labute approximate surface area is 90.0 Å². The Kier molecular flexibility index (Phi) is 4.18. The maximum atomic E-state index is 8.95. The summed E-state index contributed by atoms with van der Waals surface area (Å²) >= 11 is 5.91. The van der Waals surface area contributed by atoms with Crippen LogP contribution in [0, 0.1) is 0 Å². The molecule has 1 nitrogen and oxygen atoms in total. The minimum atomic E-state index is 0.174. The molecular weight excluding hydrogens is 196 g/mol. The lowest BCUT2D eigenvalue weighted by molar-refractivity contribution is 0.304. The largest absolute Gasteiger partial charge is 0.396 e. The highest BCUT2D eigenvalue weighted by Crippen LogP contribution is 2.24. The van der Waals surface area contributed by atoms with E-state index >= 15 is 0 Å². The number of hydrogen-bond donors (Lipinski definition) is 1. The highest BCUT2D eigenvalue weighted by molar-refractivity contribution is 6.30. The molecule has 0 aliphatic heterocycles. The van der Waals surface area contributed by atoms with E-state index in [1.807, 2.05) is 38.1 Å². The van der Waals surface area contributed by atoms with Gasteiger partial charge in [-0.25, -0.2) is 0 Å². The predicted molar refractivity (Wildman–Crippen MR) is 61.4 cm³/mol. The zero-order valence-electron chi connectivity index (χ0n) is 8.55. The van der Waals surface area contributed by atoms with Crippen molar-refractivity contribution in [1.29, 1.82) is 0 Å². The number of rotatable bonds is 3. The molecule has 0 saturated carbocycles. The van der Waals surface area contributed by atoms with Crippen molar-refractivity contribution >= 4 is 17.2 Å². The third-order valence-electron chi connectivity index (χ3n) is 2.14. The topological polar surface area (TPSA) is 20.2 Å². The number of halogens is 1. The molecule has 0 fully saturated rings. The molecule has 0 atom stereocenters. The van der Waals surface area contributed by atoms with Gasteiger partial charge in [-0.05, 0) is 43.5 Å². The molecule has 1 N–H and O–H groups in total. The highest BCUT2D eigenvalue weighted by Gasteiger charge is 2.03. The molecule has 1 aromatic rings. The molecule has 0 aliphatic carbocycles. The zero-order chi connectivity index (χ0) is 10.6. The van der Waals surface area contributed by atoms with E-state index in [4.69, 9.17) is 16.7 Å². The van der Waals surface area contributed by atoms with Crippen molar-refractivity contribution in [3.63, 3.8) is 0 Å². The second kappa shape index (κ2) is 5.18. The molecule has 0 amide bonds. The fourth-order valence-corrected chi connectivity index (χ4v) is 1.66. The Balaban J connectivity index is 3.06. The van der Waals surface area contributed by atoms with Crippen LogP contribution in [-0.2, 0) is 0 Å². The Hall–Kier alpha value is -0.790. The summed E-state index contributed by atoms with van der Waals surface area (Å²) in [6, 6.07) is 7.73. The number of allylic oxidation sites excluding steroid dienone is 1. The lowest BCUT2D eigenvalue weighted by atomic mass is 9.99. The van der Waals surface area contributed by atoms with Crippen molar-refractivity contribution in [3.8, 4) is 0 Å². The van der Waals surface area contributed by atoms with Crippen LogP contribution in [0.3, 0.4) is 0 Å². The summed E-state index contributed by atoms with van der Waals surface area (Å²) < 4.78 is 0. The van der Waals surface area contributed by atoms with Crippen LogP contribution in [0.1, 0.15) is 25.8 Å². The summed E-state index contributed by atoms with van der Waals surface area (Å²) in [4.78, 5) is 0. The first-order valence-corrected chi connectivity index (χ1v) is 5.06. The van der Waals surface area contributed by atoms with E-state index < -0.39 is 0 Å². The van der Waals surface area contributed by atoms with Crippen LogP contribution in [0.25, 0.3) is 5.57 Å². The maximum Gasteiger partial charge on any atom is 0.0471 e. The molecule has 0 heterocycles. The normalized spacial score (nSPS) is 10.0. The van der Waals surface area contributed by atoms with Crippen LogP contribution >= 0.6 is 11.6 Å². The first-order chi connectivity index (χ1) is 6.65. The van der Waals surface area contributed by atoms with Gasteiger partial charge in [-0.1, -0.05) is 29.3 Å². The number of aliphatic hydroxyl groups is 1. The Morgan fingerprint density at radius 1 is 1.36 bits per heavy atom. The van der Waals surface area contributed by atoms with Gasteiger partial charge in [0, 0.05) is 11.6 Å². The standard InChI is InChI=1S/C12H15ClO/c1-9(2)12(6-7-14)10-4-3-5-11(13)8-10/h3-5,8,14H,6-7H2,1-2H3. The molecule has 14 heavy (non-hydrogen) atoms. The van der Waals surface area contributed by atoms with Gasteiger partial charge in [0.05, 0.1) is 0 Å². The molecule has 0 aliphatic rings. The quantitative estimate of drug-likeness (QED) is 0.810. The predicted octanol–water partition coefficient (Wildman–Crippen LogP) is 3.52. The van der Waals surface area contributed by atoms with E-state index in [2.05, 4.69) is 0 Å². The second-order valence-electron chi connectivity index (χ2n) is 3.46. The van der Waals surface area contributed by atoms with Gasteiger partial charge in [-0.2, -0.15) is 0 Å². The minimum absolute atomic E-state index is 0.174. The van der Waals surface area contributed by atoms with E-state index in [-0.39, 0.29) is 6.61 Å². The Morgan fingerprint density at radius 2 is 2.07 bits per heavy atom. The van der Waals surface area contributed by atoms with E-state index in [9.17, 15) is 0 Å². The van der Waals surface area contributed by atoms with Gasteiger partial charge in [0.15, 0.2) is 0 Å². The highest BCUT2D eigenvalue weighted by atomic mass is 35.5. The SMILES string of the molecule is CC(C)=C(CCO)c1cccc(Cl)c1. The molecule has 0 saturated heterocycles. The van der Waals surface area contributed by atoms with Crippen LogP contribution in [-0.4, -0.2) is 11.7 Å². The van der Waals surface area contributed by atoms with Crippen LogP contribution in [0.5, 0.6) is 0 Å². The van der Waals surface area contributed by atoms with Gasteiger partial charge in [-0.3, -0.25) is 0 Å². The van der Waals surface area contributed by atoms with Crippen molar-refractivity contribution < 1.29 is 5.11 Å². The van der Waals surface area contributed by atoms with Crippen LogP contribution in [0.2, 0.25) is 5.02 Å². The van der Waals surface area contributed by atoms with Crippen molar-refractivity contribution in [2.75, 3.05) is 6.61 Å².